The summed E-state index contributed by atoms with van der Waals surface area (Å²) in [7, 11) is 0. The van der Waals surface area contributed by atoms with E-state index in [1.807, 2.05) is 41.5 Å². The Hall–Kier alpha value is -1.30. The van der Waals surface area contributed by atoms with Gasteiger partial charge in [0.25, 0.3) is 0 Å². The van der Waals surface area contributed by atoms with Crippen LogP contribution in [0.3, 0.4) is 0 Å². The monoisotopic (exact) mass is 327 g/mol. The molecule has 1 aliphatic carbocycles. The largest absolute Gasteiger partial charge is 0.458 e. The molecule has 0 aromatic rings. The van der Waals surface area contributed by atoms with Crippen LogP contribution in [-0.2, 0) is 19.0 Å². The van der Waals surface area contributed by atoms with Crippen LogP contribution in [0.2, 0.25) is 0 Å². The van der Waals surface area contributed by atoms with E-state index in [1.165, 1.54) is 0 Å². The Balaban J connectivity index is 1.63. The topological polar surface area (TPSA) is 65.1 Å². The summed E-state index contributed by atoms with van der Waals surface area (Å²) in [4.78, 5) is 25.2. The van der Waals surface area contributed by atoms with Crippen molar-refractivity contribution < 1.29 is 23.8 Å². The van der Waals surface area contributed by atoms with Crippen molar-refractivity contribution in [1.82, 2.24) is 4.90 Å². The molecule has 1 aliphatic heterocycles. The summed E-state index contributed by atoms with van der Waals surface area (Å²) < 4.78 is 16.1. The molecule has 0 atom stereocenters. The highest BCUT2D eigenvalue weighted by atomic mass is 16.6. The van der Waals surface area contributed by atoms with Gasteiger partial charge < -0.3 is 19.1 Å². The smallest absolute Gasteiger partial charge is 0.410 e. The lowest BCUT2D eigenvalue weighted by molar-refractivity contribution is -0.176. The number of hydrogen-bond donors (Lipinski definition) is 0. The van der Waals surface area contributed by atoms with Crippen LogP contribution >= 0.6 is 0 Å². The van der Waals surface area contributed by atoms with E-state index in [9.17, 15) is 9.59 Å². The highest BCUT2D eigenvalue weighted by molar-refractivity contribution is 5.71. The molecule has 1 spiro atoms. The molecule has 1 saturated carbocycles. The summed E-state index contributed by atoms with van der Waals surface area (Å²) in [6.07, 6.45) is 1.61. The zero-order valence-corrected chi connectivity index (χ0v) is 15.1. The molecule has 0 aromatic heterocycles. The second-order valence-electron chi connectivity index (χ2n) is 8.76. The normalized spacial score (nSPS) is 20.7. The van der Waals surface area contributed by atoms with Crippen LogP contribution in [0, 0.1) is 5.41 Å². The molecule has 2 fully saturated rings. The van der Waals surface area contributed by atoms with Gasteiger partial charge in [-0.1, -0.05) is 0 Å². The lowest BCUT2D eigenvalue weighted by Crippen LogP contribution is -2.65. The molecule has 0 unspecified atom stereocenters. The van der Waals surface area contributed by atoms with Crippen LogP contribution in [0.4, 0.5) is 4.79 Å². The van der Waals surface area contributed by atoms with Gasteiger partial charge in [0.15, 0.2) is 0 Å². The lowest BCUT2D eigenvalue weighted by atomic mass is 9.62. The Morgan fingerprint density at radius 2 is 1.52 bits per heavy atom. The second kappa shape index (κ2) is 5.96. The minimum Gasteiger partial charge on any atom is -0.458 e. The van der Waals surface area contributed by atoms with E-state index in [1.54, 1.807) is 4.90 Å². The molecule has 0 N–H and O–H groups in total. The van der Waals surface area contributed by atoms with E-state index < -0.39 is 11.2 Å². The fraction of sp³-hybridized carbons (Fsp3) is 0.882. The average molecular weight is 327 g/mol. The second-order valence-corrected chi connectivity index (χ2v) is 8.76. The van der Waals surface area contributed by atoms with Gasteiger partial charge in [-0.3, -0.25) is 0 Å². The summed E-state index contributed by atoms with van der Waals surface area (Å²) in [6, 6.07) is 0. The molecule has 6 nitrogen and oxygen atoms in total. The van der Waals surface area contributed by atoms with Crippen molar-refractivity contribution in [1.29, 1.82) is 0 Å². The van der Waals surface area contributed by atoms with Crippen LogP contribution < -0.4 is 0 Å². The summed E-state index contributed by atoms with van der Waals surface area (Å²) in [5, 5.41) is 0. The van der Waals surface area contributed by atoms with Crippen LogP contribution in [0.5, 0.6) is 0 Å². The SMILES string of the molecule is CC(C)(C)OC(=O)COC1CC2(C1)CN(C(=O)OC(C)(C)C)C2. The molecular weight excluding hydrogens is 298 g/mol. The van der Waals surface area contributed by atoms with Crippen LogP contribution in [-0.4, -0.2) is 54.0 Å². The van der Waals surface area contributed by atoms with Gasteiger partial charge in [0.2, 0.25) is 0 Å². The van der Waals surface area contributed by atoms with E-state index in [4.69, 9.17) is 14.2 Å². The molecule has 1 saturated heterocycles. The molecule has 23 heavy (non-hydrogen) atoms. The number of ether oxygens (including phenoxy) is 3. The third kappa shape index (κ3) is 5.09. The number of likely N-dealkylation sites (tertiary alicyclic amines) is 1. The van der Waals surface area contributed by atoms with Crippen molar-refractivity contribution in [2.24, 2.45) is 5.41 Å². The van der Waals surface area contributed by atoms with Crippen molar-refractivity contribution in [3.05, 3.63) is 0 Å². The minimum absolute atomic E-state index is 0.00615. The molecule has 2 aliphatic rings. The zero-order chi connectivity index (χ0) is 17.5. The third-order valence-corrected chi connectivity index (χ3v) is 3.88. The minimum atomic E-state index is -0.483. The Bertz CT molecular complexity index is 460. The summed E-state index contributed by atoms with van der Waals surface area (Å²) in [5.74, 6) is -0.331. The van der Waals surface area contributed by atoms with E-state index >= 15 is 0 Å². The van der Waals surface area contributed by atoms with Gasteiger partial charge in [-0.15, -0.1) is 0 Å². The number of carbonyl (C=O) groups is 2. The summed E-state index contributed by atoms with van der Waals surface area (Å²) >= 11 is 0. The first-order valence-corrected chi connectivity index (χ1v) is 8.19. The van der Waals surface area contributed by atoms with Crippen LogP contribution in [0.15, 0.2) is 0 Å². The standard InChI is InChI=1S/C17H29NO5/c1-15(2,3)22-13(19)9-21-12-7-17(8-12)10-18(11-17)14(20)23-16(4,5)6/h12H,7-11H2,1-6H3. The fourth-order valence-corrected chi connectivity index (χ4v) is 3.06. The number of nitrogens with zero attached hydrogens (tertiary/aromatic N) is 1. The van der Waals surface area contributed by atoms with Crippen molar-refractivity contribution in [3.63, 3.8) is 0 Å². The van der Waals surface area contributed by atoms with Gasteiger partial charge in [0.1, 0.15) is 17.8 Å². The van der Waals surface area contributed by atoms with Gasteiger partial charge in [-0.05, 0) is 54.4 Å². The number of esters is 1. The molecule has 132 valence electrons. The van der Waals surface area contributed by atoms with E-state index in [0.29, 0.717) is 13.1 Å². The average Bonchev–Trinajstić information content (AvgIpc) is 2.18. The van der Waals surface area contributed by atoms with Crippen molar-refractivity contribution >= 4 is 12.1 Å². The highest BCUT2D eigenvalue weighted by Gasteiger charge is 2.55. The predicted molar refractivity (Wildman–Crippen MR) is 85.1 cm³/mol. The lowest BCUT2D eigenvalue weighted by Gasteiger charge is -2.58. The van der Waals surface area contributed by atoms with Gasteiger partial charge in [0, 0.05) is 18.5 Å². The molecule has 6 heteroatoms. The molecule has 0 bridgehead atoms. The fourth-order valence-electron chi connectivity index (χ4n) is 3.06. The van der Waals surface area contributed by atoms with Crippen LogP contribution in [0.25, 0.3) is 0 Å². The van der Waals surface area contributed by atoms with Gasteiger partial charge in [0.05, 0.1) is 6.10 Å². The Morgan fingerprint density at radius 3 is 2.00 bits per heavy atom. The van der Waals surface area contributed by atoms with Crippen molar-refractivity contribution in [2.45, 2.75) is 71.7 Å². The first-order chi connectivity index (χ1) is 10.4. The molecule has 1 amide bonds. The van der Waals surface area contributed by atoms with E-state index in [-0.39, 0.29) is 30.2 Å². The first kappa shape index (κ1) is 18.0. The Labute approximate surface area is 138 Å². The summed E-state index contributed by atoms with van der Waals surface area (Å²) in [5.41, 5.74) is -0.781. The number of amides is 1. The third-order valence-electron chi connectivity index (χ3n) is 3.88. The first-order valence-electron chi connectivity index (χ1n) is 8.19. The van der Waals surface area contributed by atoms with Crippen LogP contribution in [0.1, 0.15) is 54.4 Å². The van der Waals surface area contributed by atoms with Crippen molar-refractivity contribution in [3.8, 4) is 0 Å². The maximum atomic E-state index is 11.9. The maximum absolute atomic E-state index is 11.9. The van der Waals surface area contributed by atoms with Gasteiger partial charge >= 0.3 is 12.1 Å². The Kier molecular flexibility index (Phi) is 4.68. The molecule has 2 rings (SSSR count). The quantitative estimate of drug-likeness (QED) is 0.746. The van der Waals surface area contributed by atoms with Crippen molar-refractivity contribution in [2.75, 3.05) is 19.7 Å². The maximum Gasteiger partial charge on any atom is 0.410 e. The molecular formula is C17H29NO5. The predicted octanol–water partition coefficient (Wildman–Crippen LogP) is 2.74. The Morgan fingerprint density at radius 1 is 1.00 bits per heavy atom. The van der Waals surface area contributed by atoms with Gasteiger partial charge in [-0.25, -0.2) is 9.59 Å². The van der Waals surface area contributed by atoms with E-state index in [0.717, 1.165) is 12.8 Å². The van der Waals surface area contributed by atoms with E-state index in [2.05, 4.69) is 0 Å². The number of rotatable bonds is 3. The molecule has 1 heterocycles. The summed E-state index contributed by atoms with van der Waals surface area (Å²) in [6.45, 7) is 12.5. The zero-order valence-electron chi connectivity index (χ0n) is 15.1. The molecule has 0 aromatic carbocycles. The number of carbonyl (C=O) groups excluding carboxylic acids is 2. The highest BCUT2D eigenvalue weighted by Crippen LogP contribution is 2.49. The number of hydrogen-bond acceptors (Lipinski definition) is 5. The molecule has 0 radical (unpaired) electrons. The van der Waals surface area contributed by atoms with Gasteiger partial charge in [-0.2, -0.15) is 0 Å².